The van der Waals surface area contributed by atoms with E-state index in [1.807, 2.05) is 0 Å². The molecule has 4 rings (SSSR count). The molecule has 0 atom stereocenters. The molecule has 1 aliphatic rings. The molecule has 0 bridgehead atoms. The van der Waals surface area contributed by atoms with E-state index in [0.29, 0.717) is 28.1 Å². The molecular weight excluding hydrogens is 387 g/mol. The average molecular weight is 399 g/mol. The zero-order valence-electron chi connectivity index (χ0n) is 13.4. The van der Waals surface area contributed by atoms with Crippen molar-refractivity contribution in [2.24, 2.45) is 5.92 Å². The van der Waals surface area contributed by atoms with Crippen molar-refractivity contribution in [1.29, 1.82) is 0 Å². The molecule has 0 saturated carbocycles. The van der Waals surface area contributed by atoms with Gasteiger partial charge in [-0.1, -0.05) is 28.7 Å². The molecule has 0 spiro atoms. The summed E-state index contributed by atoms with van der Waals surface area (Å²) in [6.45, 7) is 2.61. The second kappa shape index (κ2) is 6.16. The summed E-state index contributed by atoms with van der Waals surface area (Å²) in [4.78, 5) is 18.1. The van der Waals surface area contributed by atoms with Gasteiger partial charge < -0.3 is 10.2 Å². The first-order valence-electron chi connectivity index (χ1n) is 7.64. The van der Waals surface area contributed by atoms with Crippen LogP contribution in [0.2, 0.25) is 0 Å². The Morgan fingerprint density at radius 3 is 2.69 bits per heavy atom. The van der Waals surface area contributed by atoms with Crippen LogP contribution in [0.3, 0.4) is 0 Å². The lowest BCUT2D eigenvalue weighted by molar-refractivity contribution is -0.136. The first-order valence-corrected chi connectivity index (χ1v) is 9.27. The highest BCUT2D eigenvalue weighted by Gasteiger charge is 2.37. The smallest absolute Gasteiger partial charge is 0.346 e. The van der Waals surface area contributed by atoms with E-state index in [-0.39, 0.29) is 17.3 Å². The summed E-state index contributed by atoms with van der Waals surface area (Å²) in [7, 11) is 0. The van der Waals surface area contributed by atoms with Crippen LogP contribution in [0.1, 0.15) is 10.6 Å². The normalized spacial score (nSPS) is 15.3. The van der Waals surface area contributed by atoms with Gasteiger partial charge in [0.25, 0.3) is 0 Å². The van der Waals surface area contributed by atoms with E-state index in [1.54, 1.807) is 17.9 Å². The maximum Gasteiger partial charge on any atom is 0.418 e. The minimum absolute atomic E-state index is 0.0442. The van der Waals surface area contributed by atoms with Gasteiger partial charge in [0.05, 0.1) is 21.7 Å². The summed E-state index contributed by atoms with van der Waals surface area (Å²) >= 11 is 2.48. The lowest BCUT2D eigenvalue weighted by Crippen LogP contribution is -2.52. The summed E-state index contributed by atoms with van der Waals surface area (Å²) in [5.74, 6) is -0.428. The molecule has 1 amide bonds. The summed E-state index contributed by atoms with van der Waals surface area (Å²) in [5, 5.41) is 12.1. The number of benzene rings is 1. The Hall–Kier alpha value is -2.27. The molecule has 1 aliphatic heterocycles. The number of aryl methyl sites for hydroxylation is 1. The van der Waals surface area contributed by atoms with Gasteiger partial charge in [-0.2, -0.15) is 13.2 Å². The fourth-order valence-electron chi connectivity index (χ4n) is 2.66. The van der Waals surface area contributed by atoms with E-state index in [0.717, 1.165) is 11.1 Å². The van der Waals surface area contributed by atoms with Crippen molar-refractivity contribution in [3.05, 3.63) is 28.8 Å². The van der Waals surface area contributed by atoms with Crippen LogP contribution in [0.4, 0.5) is 23.4 Å². The number of amides is 1. The number of para-hydroxylation sites is 1. The van der Waals surface area contributed by atoms with Gasteiger partial charge in [0.2, 0.25) is 11.0 Å². The molecule has 1 N–H and O–H groups in total. The Balaban J connectivity index is 1.46. The van der Waals surface area contributed by atoms with Crippen LogP contribution < -0.4 is 10.2 Å². The molecule has 3 heterocycles. The molecule has 1 saturated heterocycles. The predicted molar refractivity (Wildman–Crippen MR) is 93.6 cm³/mol. The van der Waals surface area contributed by atoms with Crippen LogP contribution in [0, 0.1) is 12.8 Å². The van der Waals surface area contributed by atoms with Crippen LogP contribution >= 0.6 is 22.7 Å². The number of fused-ring (bicyclic) bond motifs is 1. The van der Waals surface area contributed by atoms with E-state index in [1.165, 1.54) is 28.7 Å². The molecule has 0 aliphatic carbocycles. The monoisotopic (exact) mass is 399 g/mol. The number of carbonyl (C=O) groups excluding carboxylic acids is 1. The van der Waals surface area contributed by atoms with E-state index in [9.17, 15) is 18.0 Å². The van der Waals surface area contributed by atoms with Gasteiger partial charge in [0.1, 0.15) is 5.01 Å². The molecular formula is C15H12F3N5OS2. The van der Waals surface area contributed by atoms with Gasteiger partial charge >= 0.3 is 6.18 Å². The third-order valence-corrected chi connectivity index (χ3v) is 5.83. The number of aromatic nitrogens is 3. The number of nitrogens with one attached hydrogen (secondary N) is 1. The van der Waals surface area contributed by atoms with Gasteiger partial charge in [0.15, 0.2) is 5.13 Å². The summed E-state index contributed by atoms with van der Waals surface area (Å²) in [5.41, 5.74) is -0.781. The standard InChI is InChI=1S/C15H12F3N5OS2/c1-7-21-22-13(25-7)20-12(24)8-5-23(6-8)14-19-11-9(15(16,17)18)3-2-4-10(11)26-14/h2-4,8H,5-6H2,1H3,(H,20,22,24). The number of hydrogen-bond acceptors (Lipinski definition) is 7. The zero-order chi connectivity index (χ0) is 18.5. The second-order valence-corrected chi connectivity index (χ2v) is 8.05. The van der Waals surface area contributed by atoms with Crippen molar-refractivity contribution < 1.29 is 18.0 Å². The van der Waals surface area contributed by atoms with Crippen LogP contribution in [-0.2, 0) is 11.0 Å². The summed E-state index contributed by atoms with van der Waals surface area (Å²) in [6, 6.07) is 4.03. The Bertz CT molecular complexity index is 977. The van der Waals surface area contributed by atoms with Crippen LogP contribution in [0.15, 0.2) is 18.2 Å². The van der Waals surface area contributed by atoms with Gasteiger partial charge in [0, 0.05) is 13.1 Å². The molecule has 11 heteroatoms. The van der Waals surface area contributed by atoms with Crippen molar-refractivity contribution in [2.45, 2.75) is 13.1 Å². The lowest BCUT2D eigenvalue weighted by Gasteiger charge is -2.37. The average Bonchev–Trinajstić information content (AvgIpc) is 3.10. The fourth-order valence-corrected chi connectivity index (χ4v) is 4.26. The summed E-state index contributed by atoms with van der Waals surface area (Å²) in [6.07, 6.45) is -4.44. The number of rotatable bonds is 3. The largest absolute Gasteiger partial charge is 0.418 e. The number of carbonyl (C=O) groups is 1. The van der Waals surface area contributed by atoms with E-state index < -0.39 is 11.7 Å². The number of anilines is 2. The third-order valence-electron chi connectivity index (χ3n) is 3.99. The number of hydrogen-bond donors (Lipinski definition) is 1. The zero-order valence-corrected chi connectivity index (χ0v) is 15.0. The molecule has 1 fully saturated rings. The fraction of sp³-hybridized carbons (Fsp3) is 0.333. The van der Waals surface area contributed by atoms with Gasteiger partial charge in [-0.25, -0.2) is 4.98 Å². The van der Waals surface area contributed by atoms with Crippen LogP contribution in [0.5, 0.6) is 0 Å². The van der Waals surface area contributed by atoms with E-state index in [2.05, 4.69) is 20.5 Å². The van der Waals surface area contributed by atoms with Crippen molar-refractivity contribution in [2.75, 3.05) is 23.3 Å². The second-order valence-electron chi connectivity index (χ2n) is 5.86. The predicted octanol–water partition coefficient (Wildman–Crippen LogP) is 3.55. The molecule has 6 nitrogen and oxygen atoms in total. The molecule has 136 valence electrons. The van der Waals surface area contributed by atoms with Gasteiger partial charge in [-0.15, -0.1) is 10.2 Å². The molecule has 1 aromatic carbocycles. The number of thiazole rings is 1. The van der Waals surface area contributed by atoms with Gasteiger partial charge in [-0.05, 0) is 19.1 Å². The Kier molecular flexibility index (Phi) is 4.07. The first-order chi connectivity index (χ1) is 12.3. The Morgan fingerprint density at radius 1 is 1.27 bits per heavy atom. The van der Waals surface area contributed by atoms with Gasteiger partial charge in [-0.3, -0.25) is 4.79 Å². The van der Waals surface area contributed by atoms with E-state index >= 15 is 0 Å². The number of nitrogens with zero attached hydrogens (tertiary/aromatic N) is 4. The molecule has 3 aromatic rings. The van der Waals surface area contributed by atoms with Crippen LogP contribution in [-0.4, -0.2) is 34.2 Å². The molecule has 2 aromatic heterocycles. The quantitative estimate of drug-likeness (QED) is 0.729. The lowest BCUT2D eigenvalue weighted by atomic mass is 10.0. The Morgan fingerprint density at radius 2 is 2.04 bits per heavy atom. The number of alkyl halides is 3. The van der Waals surface area contributed by atoms with Crippen LogP contribution in [0.25, 0.3) is 10.2 Å². The summed E-state index contributed by atoms with van der Waals surface area (Å²) < 4.78 is 39.7. The van der Waals surface area contributed by atoms with Crippen molar-refractivity contribution in [3.8, 4) is 0 Å². The first kappa shape index (κ1) is 17.2. The highest BCUT2D eigenvalue weighted by molar-refractivity contribution is 7.22. The molecule has 0 radical (unpaired) electrons. The maximum atomic E-state index is 13.1. The van der Waals surface area contributed by atoms with Crippen molar-refractivity contribution in [3.63, 3.8) is 0 Å². The highest BCUT2D eigenvalue weighted by atomic mass is 32.1. The minimum atomic E-state index is -4.44. The highest BCUT2D eigenvalue weighted by Crippen LogP contribution is 2.39. The maximum absolute atomic E-state index is 13.1. The third kappa shape index (κ3) is 3.12. The topological polar surface area (TPSA) is 71.0 Å². The van der Waals surface area contributed by atoms with Crippen molar-refractivity contribution in [1.82, 2.24) is 15.2 Å². The number of halogens is 3. The van der Waals surface area contributed by atoms with E-state index in [4.69, 9.17) is 0 Å². The molecule has 26 heavy (non-hydrogen) atoms. The Labute approximate surface area is 153 Å². The minimum Gasteiger partial charge on any atom is -0.346 e. The van der Waals surface area contributed by atoms with Crippen molar-refractivity contribution >= 4 is 49.1 Å². The molecule has 0 unspecified atom stereocenters. The SMILES string of the molecule is Cc1nnc(NC(=O)C2CN(c3nc4c(C(F)(F)F)cccc4s3)C2)s1.